The predicted molar refractivity (Wildman–Crippen MR) is 197 cm³/mol. The Balaban J connectivity index is 1.20. The van der Waals surface area contributed by atoms with Gasteiger partial charge in [-0.25, -0.2) is 19.9 Å². The van der Waals surface area contributed by atoms with Gasteiger partial charge in [-0.1, -0.05) is 158 Å². The van der Waals surface area contributed by atoms with E-state index in [9.17, 15) is 0 Å². The fraction of sp³-hybridized carbons (Fsp3) is 0. The van der Waals surface area contributed by atoms with Gasteiger partial charge >= 0.3 is 0 Å². The zero-order chi connectivity index (χ0) is 31.9. The van der Waals surface area contributed by atoms with Gasteiger partial charge in [0.2, 0.25) is 0 Å². The molecule has 0 amide bonds. The summed E-state index contributed by atoms with van der Waals surface area (Å²) >= 11 is 0. The van der Waals surface area contributed by atoms with Crippen molar-refractivity contribution in [2.24, 2.45) is 0 Å². The number of rotatable bonds is 5. The van der Waals surface area contributed by atoms with Crippen LogP contribution < -0.4 is 0 Å². The van der Waals surface area contributed by atoms with Crippen molar-refractivity contribution < 1.29 is 0 Å². The van der Waals surface area contributed by atoms with Crippen LogP contribution in [0.25, 0.3) is 89.0 Å². The summed E-state index contributed by atoms with van der Waals surface area (Å²) in [6.07, 6.45) is 0. The Kier molecular flexibility index (Phi) is 6.76. The lowest BCUT2D eigenvalue weighted by molar-refractivity contribution is 1.07. The van der Waals surface area contributed by atoms with E-state index in [1.165, 1.54) is 27.3 Å². The monoisotopic (exact) mass is 612 g/mol. The second-order valence-electron chi connectivity index (χ2n) is 11.9. The zero-order valence-electron chi connectivity index (χ0n) is 26.0. The van der Waals surface area contributed by atoms with Crippen molar-refractivity contribution in [1.82, 2.24) is 19.9 Å². The maximum absolute atomic E-state index is 5.28. The molecule has 2 heterocycles. The van der Waals surface area contributed by atoms with Crippen molar-refractivity contribution in [3.63, 3.8) is 0 Å². The first-order valence-corrected chi connectivity index (χ1v) is 16.1. The molecule has 0 radical (unpaired) electrons. The molecule has 7 aromatic carbocycles. The average molecular weight is 613 g/mol. The van der Waals surface area contributed by atoms with Gasteiger partial charge in [-0.05, 0) is 34.0 Å². The Morgan fingerprint density at radius 2 is 0.792 bits per heavy atom. The van der Waals surface area contributed by atoms with Crippen molar-refractivity contribution in [2.45, 2.75) is 0 Å². The van der Waals surface area contributed by atoms with Gasteiger partial charge in [-0.3, -0.25) is 0 Å². The maximum Gasteiger partial charge on any atom is 0.164 e. The van der Waals surface area contributed by atoms with Crippen molar-refractivity contribution in [1.29, 1.82) is 0 Å². The highest BCUT2D eigenvalue weighted by atomic mass is 15.0. The normalized spacial score (nSPS) is 11.3. The lowest BCUT2D eigenvalue weighted by Crippen LogP contribution is -2.00. The molecular formula is C44H28N4. The highest BCUT2D eigenvalue weighted by molar-refractivity contribution is 6.22. The largest absolute Gasteiger partial charge is 0.247 e. The lowest BCUT2D eigenvalue weighted by atomic mass is 9.93. The molecule has 0 saturated heterocycles. The van der Waals surface area contributed by atoms with Gasteiger partial charge in [0.25, 0.3) is 0 Å². The lowest BCUT2D eigenvalue weighted by Gasteiger charge is -2.14. The Bertz CT molecular complexity index is 2520. The van der Waals surface area contributed by atoms with E-state index < -0.39 is 0 Å². The molecule has 0 unspecified atom stereocenters. The first kappa shape index (κ1) is 27.8. The van der Waals surface area contributed by atoms with Gasteiger partial charge < -0.3 is 0 Å². The minimum atomic E-state index is 0.630. The Morgan fingerprint density at radius 3 is 1.42 bits per heavy atom. The first-order valence-electron chi connectivity index (χ1n) is 16.1. The van der Waals surface area contributed by atoms with Gasteiger partial charge in [-0.15, -0.1) is 0 Å². The van der Waals surface area contributed by atoms with Crippen LogP contribution >= 0.6 is 0 Å². The molecule has 0 bridgehead atoms. The number of aromatic nitrogens is 4. The summed E-state index contributed by atoms with van der Waals surface area (Å²) in [5.74, 6) is 1.92. The molecule has 0 saturated carbocycles. The summed E-state index contributed by atoms with van der Waals surface area (Å²) in [7, 11) is 0. The summed E-state index contributed by atoms with van der Waals surface area (Å²) in [6, 6.07) is 58.7. The van der Waals surface area contributed by atoms with Crippen molar-refractivity contribution in [2.75, 3.05) is 0 Å². The third-order valence-electron chi connectivity index (χ3n) is 8.91. The fourth-order valence-electron chi connectivity index (χ4n) is 6.52. The maximum atomic E-state index is 5.28. The zero-order valence-corrected chi connectivity index (χ0v) is 26.0. The van der Waals surface area contributed by atoms with E-state index >= 15 is 0 Å². The van der Waals surface area contributed by atoms with Crippen LogP contribution in [-0.2, 0) is 0 Å². The smallest absolute Gasteiger partial charge is 0.164 e. The molecule has 9 aromatic rings. The Hall–Kier alpha value is -6.52. The van der Waals surface area contributed by atoms with E-state index in [1.54, 1.807) is 0 Å². The molecule has 2 aromatic heterocycles. The third-order valence-corrected chi connectivity index (χ3v) is 8.91. The van der Waals surface area contributed by atoms with E-state index in [1.807, 2.05) is 60.7 Å². The summed E-state index contributed by atoms with van der Waals surface area (Å²) in [4.78, 5) is 20.0. The number of hydrogen-bond donors (Lipinski definition) is 0. The standard InChI is InChI=1S/C44H28N4/c1-4-12-29(13-5-1)35-25-27-39-38(28-35)40-36-19-11-10-14-30(36)24-26-37(40)41(45-39)31-20-22-34(23-21-31)44-47-42(32-15-6-2-7-16-32)46-43(48-44)33-17-8-3-9-18-33/h1-28H. The molecule has 0 spiro atoms. The molecule has 0 fully saturated rings. The highest BCUT2D eigenvalue weighted by Crippen LogP contribution is 2.39. The average Bonchev–Trinajstić information content (AvgIpc) is 3.18. The van der Waals surface area contributed by atoms with Crippen molar-refractivity contribution in [3.05, 3.63) is 170 Å². The summed E-state index contributed by atoms with van der Waals surface area (Å²) in [5.41, 5.74) is 8.14. The van der Waals surface area contributed by atoms with Gasteiger partial charge in [0.05, 0.1) is 11.2 Å². The van der Waals surface area contributed by atoms with Crippen molar-refractivity contribution >= 4 is 32.4 Å². The summed E-state index contributed by atoms with van der Waals surface area (Å²) < 4.78 is 0. The highest BCUT2D eigenvalue weighted by Gasteiger charge is 2.16. The molecule has 4 nitrogen and oxygen atoms in total. The van der Waals surface area contributed by atoms with Gasteiger partial charge in [0.15, 0.2) is 17.5 Å². The number of nitrogens with zero attached hydrogens (tertiary/aromatic N) is 4. The van der Waals surface area contributed by atoms with Gasteiger partial charge in [0.1, 0.15) is 0 Å². The second-order valence-corrected chi connectivity index (χ2v) is 11.9. The predicted octanol–water partition coefficient (Wildman–Crippen LogP) is 11.1. The third kappa shape index (κ3) is 4.97. The van der Waals surface area contributed by atoms with Crippen LogP contribution in [0.3, 0.4) is 0 Å². The molecule has 0 aliphatic heterocycles. The van der Waals surface area contributed by atoms with Crippen LogP contribution in [0.15, 0.2) is 170 Å². The molecular weight excluding hydrogens is 585 g/mol. The minimum absolute atomic E-state index is 0.630. The Morgan fingerprint density at radius 1 is 0.292 bits per heavy atom. The second kappa shape index (κ2) is 11.7. The van der Waals surface area contributed by atoms with Crippen LogP contribution in [0.5, 0.6) is 0 Å². The van der Waals surface area contributed by atoms with Gasteiger partial charge in [-0.2, -0.15) is 0 Å². The number of hydrogen-bond acceptors (Lipinski definition) is 4. The molecule has 0 aliphatic carbocycles. The van der Waals surface area contributed by atoms with E-state index in [0.717, 1.165) is 44.2 Å². The first-order chi connectivity index (χ1) is 23.8. The number of pyridine rings is 1. The molecule has 0 N–H and O–H groups in total. The molecule has 9 rings (SSSR count). The van der Waals surface area contributed by atoms with Crippen molar-refractivity contribution in [3.8, 4) is 56.5 Å². The van der Waals surface area contributed by atoms with Crippen LogP contribution in [0.4, 0.5) is 0 Å². The molecule has 4 heteroatoms. The number of fused-ring (bicyclic) bond motifs is 5. The molecule has 0 aliphatic rings. The topological polar surface area (TPSA) is 51.6 Å². The summed E-state index contributed by atoms with van der Waals surface area (Å²) in [6.45, 7) is 0. The fourth-order valence-corrected chi connectivity index (χ4v) is 6.52. The molecule has 0 atom stereocenters. The van der Waals surface area contributed by atoms with Gasteiger partial charge in [0, 0.05) is 38.4 Å². The molecule has 48 heavy (non-hydrogen) atoms. The van der Waals surface area contributed by atoms with E-state index in [0.29, 0.717) is 17.5 Å². The minimum Gasteiger partial charge on any atom is -0.247 e. The quantitative estimate of drug-likeness (QED) is 0.181. The van der Waals surface area contributed by atoms with Crippen LogP contribution in [-0.4, -0.2) is 19.9 Å². The molecule has 224 valence electrons. The number of benzene rings is 7. The Labute approximate surface area is 278 Å². The van der Waals surface area contributed by atoms with Crippen LogP contribution in [0, 0.1) is 0 Å². The van der Waals surface area contributed by atoms with E-state index in [4.69, 9.17) is 19.9 Å². The SMILES string of the molecule is c1ccc(-c2ccc3nc(-c4ccc(-c5nc(-c6ccccc6)nc(-c6ccccc6)n5)cc4)c4ccc5ccccc5c4c3c2)cc1. The summed E-state index contributed by atoms with van der Waals surface area (Å²) in [5, 5.41) is 5.92. The van der Waals surface area contributed by atoms with Crippen LogP contribution in [0.2, 0.25) is 0 Å². The van der Waals surface area contributed by atoms with E-state index in [-0.39, 0.29) is 0 Å². The van der Waals surface area contributed by atoms with Crippen LogP contribution in [0.1, 0.15) is 0 Å². The van der Waals surface area contributed by atoms with E-state index in [2.05, 4.69) is 109 Å².